The lowest BCUT2D eigenvalue weighted by molar-refractivity contribution is 0.0821. The van der Waals surface area contributed by atoms with Crippen LogP contribution in [0.2, 0.25) is 0 Å². The Balaban J connectivity index is 1.69. The van der Waals surface area contributed by atoms with Crippen LogP contribution in [0.15, 0.2) is 24.3 Å². The van der Waals surface area contributed by atoms with Gasteiger partial charge >= 0.3 is 0 Å². The molecule has 1 aliphatic heterocycles. The normalized spacial score (nSPS) is 18.5. The highest BCUT2D eigenvalue weighted by Crippen LogP contribution is 2.12. The van der Waals surface area contributed by atoms with Crippen LogP contribution in [0.4, 0.5) is 0 Å². The van der Waals surface area contributed by atoms with E-state index in [4.69, 9.17) is 0 Å². The number of aryl methyl sites for hydroxylation is 2. The summed E-state index contributed by atoms with van der Waals surface area (Å²) in [5.74, 6) is 0. The lowest BCUT2D eigenvalue weighted by atomic mass is 10.1. The predicted molar refractivity (Wildman–Crippen MR) is 71.2 cm³/mol. The zero-order valence-electron chi connectivity index (χ0n) is 10.7. The maximum Gasteiger partial charge on any atom is 0.0564 e. The van der Waals surface area contributed by atoms with Gasteiger partial charge in [0.1, 0.15) is 0 Å². The SMILES string of the molecule is Cc1cccc(CCCN2CCC(O)CC2)c1. The third-order valence-electron chi connectivity index (χ3n) is 3.58. The highest BCUT2D eigenvalue weighted by Gasteiger charge is 2.15. The van der Waals surface area contributed by atoms with Gasteiger partial charge in [0.05, 0.1) is 6.10 Å². The molecule has 2 rings (SSSR count). The number of likely N-dealkylation sites (tertiary alicyclic amines) is 1. The Bertz CT molecular complexity index is 343. The first kappa shape index (κ1) is 12.6. The minimum Gasteiger partial charge on any atom is -0.393 e. The summed E-state index contributed by atoms with van der Waals surface area (Å²) in [4.78, 5) is 2.47. The van der Waals surface area contributed by atoms with Gasteiger partial charge in [0.2, 0.25) is 0 Å². The number of aliphatic hydroxyl groups is 1. The van der Waals surface area contributed by atoms with E-state index in [1.165, 1.54) is 30.5 Å². The molecule has 1 aromatic carbocycles. The number of hydrogen-bond acceptors (Lipinski definition) is 2. The molecule has 1 saturated heterocycles. The summed E-state index contributed by atoms with van der Waals surface area (Å²) in [7, 11) is 0. The molecule has 1 aliphatic rings. The van der Waals surface area contributed by atoms with Crippen LogP contribution in [0.25, 0.3) is 0 Å². The molecule has 0 spiro atoms. The van der Waals surface area contributed by atoms with Crippen molar-refractivity contribution in [2.45, 2.75) is 38.7 Å². The summed E-state index contributed by atoms with van der Waals surface area (Å²) in [6, 6.07) is 8.78. The van der Waals surface area contributed by atoms with Gasteiger partial charge in [-0.05, 0) is 44.7 Å². The first-order valence-electron chi connectivity index (χ1n) is 6.70. The van der Waals surface area contributed by atoms with E-state index in [1.807, 2.05) is 0 Å². The van der Waals surface area contributed by atoms with Gasteiger partial charge in [0, 0.05) is 13.1 Å². The van der Waals surface area contributed by atoms with E-state index in [9.17, 15) is 5.11 Å². The van der Waals surface area contributed by atoms with Crippen molar-refractivity contribution in [3.63, 3.8) is 0 Å². The highest BCUT2D eigenvalue weighted by molar-refractivity contribution is 5.22. The summed E-state index contributed by atoms with van der Waals surface area (Å²) in [5.41, 5.74) is 2.80. The van der Waals surface area contributed by atoms with Gasteiger partial charge in [-0.1, -0.05) is 29.8 Å². The Kier molecular flexibility index (Phi) is 4.57. The second-order valence-electron chi connectivity index (χ2n) is 5.17. The fourth-order valence-corrected chi connectivity index (χ4v) is 2.52. The lowest BCUT2D eigenvalue weighted by Crippen LogP contribution is -2.36. The van der Waals surface area contributed by atoms with Crippen molar-refractivity contribution < 1.29 is 5.11 Å². The Hall–Kier alpha value is -0.860. The zero-order valence-corrected chi connectivity index (χ0v) is 10.7. The first-order valence-corrected chi connectivity index (χ1v) is 6.70. The molecule has 17 heavy (non-hydrogen) atoms. The molecule has 0 bridgehead atoms. The number of benzene rings is 1. The van der Waals surface area contributed by atoms with Crippen molar-refractivity contribution in [2.75, 3.05) is 19.6 Å². The molecule has 0 saturated carbocycles. The van der Waals surface area contributed by atoms with Crippen LogP contribution in [0, 0.1) is 6.92 Å². The van der Waals surface area contributed by atoms with Gasteiger partial charge in [-0.15, -0.1) is 0 Å². The van der Waals surface area contributed by atoms with Crippen molar-refractivity contribution >= 4 is 0 Å². The topological polar surface area (TPSA) is 23.5 Å². The van der Waals surface area contributed by atoms with Crippen molar-refractivity contribution in [3.05, 3.63) is 35.4 Å². The van der Waals surface area contributed by atoms with Crippen LogP contribution in [0.1, 0.15) is 30.4 Å². The van der Waals surface area contributed by atoms with E-state index in [-0.39, 0.29) is 6.10 Å². The van der Waals surface area contributed by atoms with Crippen molar-refractivity contribution in [2.24, 2.45) is 0 Å². The van der Waals surface area contributed by atoms with Gasteiger partial charge in [-0.2, -0.15) is 0 Å². The molecule has 1 fully saturated rings. The predicted octanol–water partition coefficient (Wildman–Crippen LogP) is 2.38. The summed E-state index contributed by atoms with van der Waals surface area (Å²) >= 11 is 0. The maximum atomic E-state index is 9.43. The number of piperidine rings is 1. The van der Waals surface area contributed by atoms with E-state index >= 15 is 0 Å². The first-order chi connectivity index (χ1) is 8.24. The number of nitrogens with zero attached hydrogens (tertiary/aromatic N) is 1. The van der Waals surface area contributed by atoms with Crippen molar-refractivity contribution in [1.29, 1.82) is 0 Å². The summed E-state index contributed by atoms with van der Waals surface area (Å²) in [5, 5.41) is 9.43. The van der Waals surface area contributed by atoms with Gasteiger partial charge in [-0.3, -0.25) is 0 Å². The number of hydrogen-bond donors (Lipinski definition) is 1. The molecule has 1 N–H and O–H groups in total. The van der Waals surface area contributed by atoms with Crippen LogP contribution in [0.3, 0.4) is 0 Å². The second kappa shape index (κ2) is 6.18. The second-order valence-corrected chi connectivity index (χ2v) is 5.17. The van der Waals surface area contributed by atoms with Crippen LogP contribution in [-0.2, 0) is 6.42 Å². The molecule has 1 heterocycles. The molecular formula is C15H23NO. The standard InChI is InChI=1S/C15H23NO/c1-13-4-2-5-14(12-13)6-3-9-16-10-7-15(17)8-11-16/h2,4-5,12,15,17H,3,6-11H2,1H3. The molecule has 2 nitrogen and oxygen atoms in total. The zero-order chi connectivity index (χ0) is 12.1. The molecule has 0 radical (unpaired) electrons. The molecule has 0 aliphatic carbocycles. The maximum absolute atomic E-state index is 9.43. The van der Waals surface area contributed by atoms with Crippen LogP contribution >= 0.6 is 0 Å². The Morgan fingerprint density at radius 1 is 1.29 bits per heavy atom. The molecule has 2 heteroatoms. The van der Waals surface area contributed by atoms with Gasteiger partial charge in [-0.25, -0.2) is 0 Å². The molecule has 94 valence electrons. The molecule has 1 aromatic rings. The molecular weight excluding hydrogens is 210 g/mol. The van der Waals surface area contributed by atoms with E-state index in [1.54, 1.807) is 0 Å². The third-order valence-corrected chi connectivity index (χ3v) is 3.58. The number of aliphatic hydroxyl groups excluding tert-OH is 1. The van der Waals surface area contributed by atoms with Gasteiger partial charge in [0.15, 0.2) is 0 Å². The largest absolute Gasteiger partial charge is 0.393 e. The average molecular weight is 233 g/mol. The van der Waals surface area contributed by atoms with E-state index in [2.05, 4.69) is 36.1 Å². The average Bonchev–Trinajstić information content (AvgIpc) is 2.32. The minimum absolute atomic E-state index is 0.0528. The Morgan fingerprint density at radius 3 is 2.76 bits per heavy atom. The third kappa shape index (κ3) is 4.14. The van der Waals surface area contributed by atoms with Gasteiger partial charge < -0.3 is 10.0 Å². The van der Waals surface area contributed by atoms with E-state index in [0.29, 0.717) is 0 Å². The Morgan fingerprint density at radius 2 is 2.06 bits per heavy atom. The fourth-order valence-electron chi connectivity index (χ4n) is 2.52. The molecule has 0 atom stereocenters. The smallest absolute Gasteiger partial charge is 0.0564 e. The van der Waals surface area contributed by atoms with Crippen molar-refractivity contribution in [3.8, 4) is 0 Å². The highest BCUT2D eigenvalue weighted by atomic mass is 16.3. The number of rotatable bonds is 4. The molecule has 0 unspecified atom stereocenters. The summed E-state index contributed by atoms with van der Waals surface area (Å²) in [6.07, 6.45) is 4.23. The van der Waals surface area contributed by atoms with Gasteiger partial charge in [0.25, 0.3) is 0 Å². The minimum atomic E-state index is -0.0528. The summed E-state index contributed by atoms with van der Waals surface area (Å²) in [6.45, 7) is 5.44. The summed E-state index contributed by atoms with van der Waals surface area (Å²) < 4.78 is 0. The van der Waals surface area contributed by atoms with Crippen LogP contribution in [-0.4, -0.2) is 35.7 Å². The monoisotopic (exact) mass is 233 g/mol. The molecule has 0 amide bonds. The van der Waals surface area contributed by atoms with E-state index < -0.39 is 0 Å². The van der Waals surface area contributed by atoms with Crippen LogP contribution < -0.4 is 0 Å². The Labute approximate surface area is 104 Å². The lowest BCUT2D eigenvalue weighted by Gasteiger charge is -2.29. The molecule has 0 aromatic heterocycles. The van der Waals surface area contributed by atoms with Crippen LogP contribution in [0.5, 0.6) is 0 Å². The van der Waals surface area contributed by atoms with Crippen molar-refractivity contribution in [1.82, 2.24) is 4.90 Å². The quantitative estimate of drug-likeness (QED) is 0.863. The van der Waals surface area contributed by atoms with E-state index in [0.717, 1.165) is 25.9 Å². The fraction of sp³-hybridized carbons (Fsp3) is 0.600.